The number of carboxylic acid groups (broad SMARTS) is 1. The van der Waals surface area contributed by atoms with E-state index in [1.807, 2.05) is 0 Å². The van der Waals surface area contributed by atoms with Crippen molar-refractivity contribution in [1.82, 2.24) is 15.3 Å². The summed E-state index contributed by atoms with van der Waals surface area (Å²) in [5.41, 5.74) is 0.914. The number of carbonyl (C=O) groups excluding carboxylic acids is 1. The van der Waals surface area contributed by atoms with Crippen LogP contribution in [0.4, 0.5) is 4.39 Å². The minimum absolute atomic E-state index is 0.0814. The monoisotopic (exact) mass is 405 g/mol. The van der Waals surface area contributed by atoms with Gasteiger partial charge in [0.1, 0.15) is 11.1 Å². The lowest BCUT2D eigenvalue weighted by molar-refractivity contribution is -0.137. The van der Waals surface area contributed by atoms with E-state index in [2.05, 4.69) is 15.3 Å². The highest BCUT2D eigenvalue weighted by Gasteiger charge is 2.30. The number of hydrogen-bond donors (Lipinski definition) is 3. The van der Waals surface area contributed by atoms with Crippen molar-refractivity contribution in [3.8, 4) is 0 Å². The number of nitrogens with one attached hydrogen (secondary N) is 2. The number of aliphatic carboxylic acids is 1. The average Bonchev–Trinajstić information content (AvgIpc) is 3.43. The standard InChI is InChI=1S/C19H20FN3O4S/c1-10-14(8-9-15(24)25)17(26)23-19(21-10)28-16(18(27)22-13-6-7-13)11-2-4-12(20)5-3-11/h2-5,13,16H,6-9H2,1H3,(H,22,27)(H,24,25)(H,21,23,26)/t16-/m0/s1. The zero-order valence-electron chi connectivity index (χ0n) is 15.2. The van der Waals surface area contributed by atoms with Gasteiger partial charge in [-0.05, 0) is 43.9 Å². The molecule has 1 aliphatic carbocycles. The zero-order valence-corrected chi connectivity index (χ0v) is 16.0. The Morgan fingerprint density at radius 3 is 2.61 bits per heavy atom. The van der Waals surface area contributed by atoms with Crippen molar-refractivity contribution in [2.45, 2.75) is 49.1 Å². The summed E-state index contributed by atoms with van der Waals surface area (Å²) in [6.07, 6.45) is 1.77. The van der Waals surface area contributed by atoms with E-state index in [4.69, 9.17) is 5.11 Å². The molecule has 0 spiro atoms. The van der Waals surface area contributed by atoms with E-state index in [1.54, 1.807) is 6.92 Å². The average molecular weight is 405 g/mol. The van der Waals surface area contributed by atoms with E-state index in [0.29, 0.717) is 16.8 Å². The predicted octanol–water partition coefficient (Wildman–Crippen LogP) is 2.35. The predicted molar refractivity (Wildman–Crippen MR) is 102 cm³/mol. The van der Waals surface area contributed by atoms with Gasteiger partial charge in [0.2, 0.25) is 5.91 Å². The van der Waals surface area contributed by atoms with Crippen LogP contribution in [0, 0.1) is 12.7 Å². The van der Waals surface area contributed by atoms with E-state index in [-0.39, 0.29) is 29.9 Å². The van der Waals surface area contributed by atoms with Crippen molar-refractivity contribution in [3.63, 3.8) is 0 Å². The first-order chi connectivity index (χ1) is 13.3. The molecule has 0 saturated heterocycles. The number of nitrogens with zero attached hydrogens (tertiary/aromatic N) is 1. The largest absolute Gasteiger partial charge is 0.481 e. The molecule has 1 saturated carbocycles. The highest BCUT2D eigenvalue weighted by Crippen LogP contribution is 2.34. The fraction of sp³-hybridized carbons (Fsp3) is 0.368. The molecule has 0 aliphatic heterocycles. The lowest BCUT2D eigenvalue weighted by Gasteiger charge is -2.17. The third-order valence-electron chi connectivity index (χ3n) is 4.35. The van der Waals surface area contributed by atoms with Crippen LogP contribution in [0.25, 0.3) is 0 Å². The van der Waals surface area contributed by atoms with Crippen molar-refractivity contribution >= 4 is 23.6 Å². The van der Waals surface area contributed by atoms with Gasteiger partial charge in [0.05, 0.1) is 0 Å². The molecule has 3 rings (SSSR count). The number of aryl methyl sites for hydroxylation is 1. The maximum absolute atomic E-state index is 13.3. The summed E-state index contributed by atoms with van der Waals surface area (Å²) >= 11 is 1.07. The SMILES string of the molecule is Cc1nc(S[C@H](C(=O)NC2CC2)c2ccc(F)cc2)[nH]c(=O)c1CCC(=O)O. The summed E-state index contributed by atoms with van der Waals surface area (Å²) in [6.45, 7) is 1.63. The molecular weight excluding hydrogens is 385 g/mol. The van der Waals surface area contributed by atoms with Gasteiger partial charge in [-0.15, -0.1) is 0 Å². The molecule has 3 N–H and O–H groups in total. The molecule has 7 nitrogen and oxygen atoms in total. The van der Waals surface area contributed by atoms with E-state index in [1.165, 1.54) is 24.3 Å². The molecule has 2 aromatic rings. The van der Waals surface area contributed by atoms with E-state index in [0.717, 1.165) is 24.6 Å². The number of rotatable bonds is 8. The van der Waals surface area contributed by atoms with Gasteiger partial charge in [0.25, 0.3) is 5.56 Å². The fourth-order valence-electron chi connectivity index (χ4n) is 2.69. The molecule has 0 unspecified atom stereocenters. The number of aromatic nitrogens is 2. The summed E-state index contributed by atoms with van der Waals surface area (Å²) in [5, 5.41) is 11.3. The molecule has 28 heavy (non-hydrogen) atoms. The van der Waals surface area contributed by atoms with Crippen molar-refractivity contribution in [2.75, 3.05) is 0 Å². The van der Waals surface area contributed by atoms with Crippen LogP contribution in [0.15, 0.2) is 34.2 Å². The van der Waals surface area contributed by atoms with Crippen LogP contribution >= 0.6 is 11.8 Å². The van der Waals surface area contributed by atoms with Crippen LogP contribution in [0.5, 0.6) is 0 Å². The van der Waals surface area contributed by atoms with Crippen molar-refractivity contribution in [3.05, 3.63) is 57.3 Å². The quantitative estimate of drug-likeness (QED) is 0.459. The normalized spacial score (nSPS) is 14.5. The topological polar surface area (TPSA) is 112 Å². The first kappa shape index (κ1) is 20.1. The van der Waals surface area contributed by atoms with Crippen LogP contribution in [-0.4, -0.2) is 33.0 Å². The number of carboxylic acids is 1. The van der Waals surface area contributed by atoms with Gasteiger partial charge in [-0.25, -0.2) is 9.37 Å². The van der Waals surface area contributed by atoms with Crippen LogP contribution in [-0.2, 0) is 16.0 Å². The van der Waals surface area contributed by atoms with Crippen LogP contribution in [0.3, 0.4) is 0 Å². The maximum Gasteiger partial charge on any atom is 0.303 e. The Bertz CT molecular complexity index is 941. The number of benzene rings is 1. The lowest BCUT2D eigenvalue weighted by Crippen LogP contribution is -2.30. The Morgan fingerprint density at radius 2 is 2.04 bits per heavy atom. The summed E-state index contributed by atoms with van der Waals surface area (Å²) in [5.74, 6) is -1.63. The van der Waals surface area contributed by atoms with Gasteiger partial charge in [-0.1, -0.05) is 23.9 Å². The van der Waals surface area contributed by atoms with E-state index < -0.39 is 22.6 Å². The first-order valence-electron chi connectivity index (χ1n) is 8.87. The highest BCUT2D eigenvalue weighted by atomic mass is 32.2. The molecule has 0 bridgehead atoms. The minimum atomic E-state index is -0.995. The van der Waals surface area contributed by atoms with Gasteiger partial charge in [0.15, 0.2) is 5.16 Å². The fourth-order valence-corrected chi connectivity index (χ4v) is 3.73. The Hall–Kier alpha value is -2.68. The van der Waals surface area contributed by atoms with Gasteiger partial charge < -0.3 is 15.4 Å². The molecule has 1 heterocycles. The van der Waals surface area contributed by atoms with Crippen LogP contribution in [0.2, 0.25) is 0 Å². The molecule has 1 atom stereocenters. The second-order valence-corrected chi connectivity index (χ2v) is 7.75. The number of H-pyrrole nitrogens is 1. The third-order valence-corrected chi connectivity index (χ3v) is 5.49. The number of hydrogen-bond acceptors (Lipinski definition) is 5. The first-order valence-corrected chi connectivity index (χ1v) is 9.75. The minimum Gasteiger partial charge on any atom is -0.481 e. The molecule has 148 valence electrons. The number of thioether (sulfide) groups is 1. The molecule has 9 heteroatoms. The molecular formula is C19H20FN3O4S. The summed E-state index contributed by atoms with van der Waals surface area (Å²) in [7, 11) is 0. The molecule has 1 aromatic carbocycles. The van der Waals surface area contributed by atoms with E-state index in [9.17, 15) is 18.8 Å². The second-order valence-electron chi connectivity index (χ2n) is 6.66. The van der Waals surface area contributed by atoms with Gasteiger partial charge in [0, 0.05) is 23.7 Å². The van der Waals surface area contributed by atoms with Crippen LogP contribution < -0.4 is 10.9 Å². The molecule has 1 amide bonds. The third kappa shape index (κ3) is 5.19. The highest BCUT2D eigenvalue weighted by molar-refractivity contribution is 8.00. The van der Waals surface area contributed by atoms with Gasteiger partial charge in [-0.2, -0.15) is 0 Å². The van der Waals surface area contributed by atoms with Gasteiger partial charge >= 0.3 is 5.97 Å². The summed E-state index contributed by atoms with van der Waals surface area (Å²) in [4.78, 5) is 42.7. The van der Waals surface area contributed by atoms with Crippen LogP contribution in [0.1, 0.15) is 41.3 Å². The summed E-state index contributed by atoms with van der Waals surface area (Å²) < 4.78 is 13.3. The van der Waals surface area contributed by atoms with Gasteiger partial charge in [-0.3, -0.25) is 14.4 Å². The molecule has 1 aromatic heterocycles. The summed E-state index contributed by atoms with van der Waals surface area (Å²) in [6, 6.07) is 5.79. The number of amides is 1. The Labute approximate surface area is 164 Å². The smallest absolute Gasteiger partial charge is 0.303 e. The number of halogens is 1. The lowest BCUT2D eigenvalue weighted by atomic mass is 10.1. The molecule has 1 aliphatic rings. The maximum atomic E-state index is 13.3. The number of aromatic amines is 1. The molecule has 1 fully saturated rings. The molecule has 0 radical (unpaired) electrons. The second kappa shape index (κ2) is 8.55. The van der Waals surface area contributed by atoms with E-state index >= 15 is 0 Å². The van der Waals surface area contributed by atoms with Crippen molar-refractivity contribution in [2.24, 2.45) is 0 Å². The Balaban J connectivity index is 1.85. The zero-order chi connectivity index (χ0) is 20.3. The Morgan fingerprint density at radius 1 is 1.36 bits per heavy atom. The van der Waals surface area contributed by atoms with Crippen molar-refractivity contribution in [1.29, 1.82) is 0 Å². The Kier molecular flexibility index (Phi) is 6.13. The van der Waals surface area contributed by atoms with Crippen molar-refractivity contribution < 1.29 is 19.1 Å². The number of carbonyl (C=O) groups is 2.